The fraction of sp³-hybridized carbons (Fsp3) is 0.333. The standard InChI is InChI=1S/C21H24N4O3/c1-4-14-8-7-9-15(5-2)20(14)22-19(26)13-28-21(27)16-10-11-18-17(12-16)23-24-25(18)6-3/h7-12H,4-6,13H2,1-3H3,(H,22,26). The lowest BCUT2D eigenvalue weighted by Gasteiger charge is -2.14. The number of nitrogens with one attached hydrogen (secondary N) is 1. The summed E-state index contributed by atoms with van der Waals surface area (Å²) >= 11 is 0. The fourth-order valence-corrected chi connectivity index (χ4v) is 3.13. The van der Waals surface area contributed by atoms with Crippen LogP contribution in [-0.4, -0.2) is 33.5 Å². The van der Waals surface area contributed by atoms with Gasteiger partial charge in [0.05, 0.1) is 11.1 Å². The Morgan fingerprint density at radius 1 is 1.07 bits per heavy atom. The number of amides is 1. The molecule has 0 fully saturated rings. The number of nitrogens with zero attached hydrogens (tertiary/aromatic N) is 3. The number of hydrogen-bond acceptors (Lipinski definition) is 5. The number of carbonyl (C=O) groups is 2. The summed E-state index contributed by atoms with van der Waals surface area (Å²) in [6.07, 6.45) is 1.61. The van der Waals surface area contributed by atoms with E-state index in [1.165, 1.54) is 0 Å². The molecule has 7 nitrogen and oxygen atoms in total. The van der Waals surface area contributed by atoms with Gasteiger partial charge in [-0.2, -0.15) is 0 Å². The fourth-order valence-electron chi connectivity index (χ4n) is 3.13. The maximum absolute atomic E-state index is 12.3. The molecule has 7 heteroatoms. The lowest BCUT2D eigenvalue weighted by molar-refractivity contribution is -0.119. The predicted molar refractivity (Wildman–Crippen MR) is 107 cm³/mol. The smallest absolute Gasteiger partial charge is 0.338 e. The molecule has 0 spiro atoms. The first-order chi connectivity index (χ1) is 13.6. The van der Waals surface area contributed by atoms with Gasteiger partial charge < -0.3 is 10.1 Å². The molecule has 3 rings (SSSR count). The number of esters is 1. The number of anilines is 1. The summed E-state index contributed by atoms with van der Waals surface area (Å²) in [5.41, 5.74) is 4.73. The monoisotopic (exact) mass is 380 g/mol. The normalized spacial score (nSPS) is 10.8. The van der Waals surface area contributed by atoms with E-state index in [0.29, 0.717) is 17.6 Å². The van der Waals surface area contributed by atoms with Gasteiger partial charge in [0, 0.05) is 12.2 Å². The molecule has 1 N–H and O–H groups in total. The van der Waals surface area contributed by atoms with E-state index in [1.807, 2.05) is 39.0 Å². The first kappa shape index (κ1) is 19.5. The SMILES string of the molecule is CCc1cccc(CC)c1NC(=O)COC(=O)c1ccc2c(c1)nnn2CC. The Kier molecular flexibility index (Phi) is 6.03. The molecule has 0 bridgehead atoms. The van der Waals surface area contributed by atoms with Crippen LogP contribution in [0.15, 0.2) is 36.4 Å². The number of para-hydroxylation sites is 1. The van der Waals surface area contributed by atoms with Crippen molar-refractivity contribution >= 4 is 28.6 Å². The van der Waals surface area contributed by atoms with Crippen molar-refractivity contribution in [3.05, 3.63) is 53.1 Å². The maximum Gasteiger partial charge on any atom is 0.338 e. The summed E-state index contributed by atoms with van der Waals surface area (Å²) in [4.78, 5) is 24.6. The van der Waals surface area contributed by atoms with E-state index in [-0.39, 0.29) is 12.5 Å². The summed E-state index contributed by atoms with van der Waals surface area (Å²) < 4.78 is 6.93. The first-order valence-corrected chi connectivity index (χ1v) is 9.48. The molecule has 0 aliphatic carbocycles. The van der Waals surface area contributed by atoms with Crippen molar-refractivity contribution in [1.29, 1.82) is 0 Å². The van der Waals surface area contributed by atoms with Crippen LogP contribution in [0, 0.1) is 0 Å². The zero-order valence-corrected chi connectivity index (χ0v) is 16.4. The Hall–Kier alpha value is -3.22. The Labute approximate surface area is 163 Å². The summed E-state index contributed by atoms with van der Waals surface area (Å²) in [5, 5.41) is 11.0. The number of rotatable bonds is 7. The van der Waals surface area contributed by atoms with E-state index >= 15 is 0 Å². The van der Waals surface area contributed by atoms with E-state index in [9.17, 15) is 9.59 Å². The van der Waals surface area contributed by atoms with Crippen LogP contribution in [-0.2, 0) is 28.9 Å². The molecule has 28 heavy (non-hydrogen) atoms. The Balaban J connectivity index is 1.66. The third-order valence-corrected chi connectivity index (χ3v) is 4.65. The summed E-state index contributed by atoms with van der Waals surface area (Å²) in [5.74, 6) is -0.926. The summed E-state index contributed by atoms with van der Waals surface area (Å²) in [6, 6.07) is 11.0. The highest BCUT2D eigenvalue weighted by Gasteiger charge is 2.15. The number of hydrogen-bond donors (Lipinski definition) is 1. The van der Waals surface area contributed by atoms with Crippen LogP contribution >= 0.6 is 0 Å². The third-order valence-electron chi connectivity index (χ3n) is 4.65. The minimum atomic E-state index is -0.567. The van der Waals surface area contributed by atoms with Crippen molar-refractivity contribution in [2.45, 2.75) is 40.2 Å². The van der Waals surface area contributed by atoms with Gasteiger partial charge in [0.1, 0.15) is 5.52 Å². The Morgan fingerprint density at radius 2 is 1.79 bits per heavy atom. The second-order valence-electron chi connectivity index (χ2n) is 6.39. The Bertz CT molecular complexity index is 988. The average Bonchev–Trinajstić information content (AvgIpc) is 3.14. The van der Waals surface area contributed by atoms with E-state index < -0.39 is 5.97 Å². The van der Waals surface area contributed by atoms with Crippen LogP contribution in [0.3, 0.4) is 0 Å². The van der Waals surface area contributed by atoms with Gasteiger partial charge in [0.25, 0.3) is 5.91 Å². The van der Waals surface area contributed by atoms with Crippen LogP contribution in [0.5, 0.6) is 0 Å². The quantitative estimate of drug-likeness (QED) is 0.635. The molecule has 2 aromatic carbocycles. The van der Waals surface area contributed by atoms with Crippen molar-refractivity contribution < 1.29 is 14.3 Å². The van der Waals surface area contributed by atoms with Crippen molar-refractivity contribution in [2.75, 3.05) is 11.9 Å². The third kappa shape index (κ3) is 4.03. The number of aryl methyl sites for hydroxylation is 3. The first-order valence-electron chi connectivity index (χ1n) is 9.48. The predicted octanol–water partition coefficient (Wildman–Crippen LogP) is 3.37. The van der Waals surface area contributed by atoms with Gasteiger partial charge in [0.2, 0.25) is 0 Å². The average molecular weight is 380 g/mol. The van der Waals surface area contributed by atoms with Crippen LogP contribution in [0.2, 0.25) is 0 Å². The van der Waals surface area contributed by atoms with Gasteiger partial charge >= 0.3 is 5.97 Å². The Morgan fingerprint density at radius 3 is 2.43 bits per heavy atom. The minimum Gasteiger partial charge on any atom is -0.452 e. The molecule has 1 heterocycles. The highest BCUT2D eigenvalue weighted by Crippen LogP contribution is 2.22. The van der Waals surface area contributed by atoms with Gasteiger partial charge in [-0.1, -0.05) is 37.3 Å². The summed E-state index contributed by atoms with van der Waals surface area (Å²) in [6.45, 7) is 6.39. The van der Waals surface area contributed by atoms with Crippen LogP contribution < -0.4 is 5.32 Å². The zero-order valence-electron chi connectivity index (χ0n) is 16.4. The molecule has 0 aliphatic heterocycles. The van der Waals surface area contributed by atoms with Gasteiger partial charge in [-0.15, -0.1) is 5.10 Å². The molecule has 0 saturated heterocycles. The number of aromatic nitrogens is 3. The summed E-state index contributed by atoms with van der Waals surface area (Å²) in [7, 11) is 0. The maximum atomic E-state index is 12.3. The lowest BCUT2D eigenvalue weighted by atomic mass is 10.0. The molecule has 0 aliphatic rings. The van der Waals surface area contributed by atoms with Crippen LogP contribution in [0.25, 0.3) is 11.0 Å². The largest absolute Gasteiger partial charge is 0.452 e. The molecule has 0 atom stereocenters. The van der Waals surface area contributed by atoms with Gasteiger partial charge in [-0.25, -0.2) is 9.48 Å². The number of benzene rings is 2. The van der Waals surface area contributed by atoms with E-state index in [2.05, 4.69) is 15.6 Å². The van der Waals surface area contributed by atoms with Gasteiger partial charge in [-0.05, 0) is 49.1 Å². The molecule has 1 amide bonds. The second kappa shape index (κ2) is 8.65. The zero-order chi connectivity index (χ0) is 20.1. The van der Waals surface area contributed by atoms with Gasteiger partial charge in [-0.3, -0.25) is 4.79 Å². The number of ether oxygens (including phenoxy) is 1. The van der Waals surface area contributed by atoms with E-state index in [0.717, 1.165) is 35.2 Å². The molecule has 0 unspecified atom stereocenters. The molecule has 1 aromatic heterocycles. The lowest BCUT2D eigenvalue weighted by Crippen LogP contribution is -2.22. The minimum absolute atomic E-state index is 0.339. The molecule has 0 saturated carbocycles. The number of fused-ring (bicyclic) bond motifs is 1. The van der Waals surface area contributed by atoms with Crippen molar-refractivity contribution in [2.24, 2.45) is 0 Å². The van der Waals surface area contributed by atoms with Crippen LogP contribution in [0.4, 0.5) is 5.69 Å². The van der Waals surface area contributed by atoms with Crippen LogP contribution in [0.1, 0.15) is 42.3 Å². The molecule has 0 radical (unpaired) electrons. The van der Waals surface area contributed by atoms with Crippen molar-refractivity contribution in [1.82, 2.24) is 15.0 Å². The molecular formula is C21H24N4O3. The highest BCUT2D eigenvalue weighted by molar-refractivity contribution is 5.97. The topological polar surface area (TPSA) is 86.1 Å². The number of carbonyl (C=O) groups excluding carboxylic acids is 2. The highest BCUT2D eigenvalue weighted by atomic mass is 16.5. The molecular weight excluding hydrogens is 356 g/mol. The van der Waals surface area contributed by atoms with Crippen molar-refractivity contribution in [3.63, 3.8) is 0 Å². The van der Waals surface area contributed by atoms with Gasteiger partial charge in [0.15, 0.2) is 6.61 Å². The molecule has 3 aromatic rings. The van der Waals surface area contributed by atoms with Crippen molar-refractivity contribution in [3.8, 4) is 0 Å². The molecule has 146 valence electrons. The van der Waals surface area contributed by atoms with E-state index in [4.69, 9.17) is 4.74 Å². The van der Waals surface area contributed by atoms with E-state index in [1.54, 1.807) is 22.9 Å². The second-order valence-corrected chi connectivity index (χ2v) is 6.39.